The number of ether oxygens (including phenoxy) is 2. The molecule has 4 aromatic rings. The van der Waals surface area contributed by atoms with Gasteiger partial charge in [0.25, 0.3) is 5.91 Å². The predicted octanol–water partition coefficient (Wildman–Crippen LogP) is 5.48. The summed E-state index contributed by atoms with van der Waals surface area (Å²) < 4.78 is 13.2. The number of likely N-dealkylation sites (tertiary alicyclic amines) is 2. The number of amides is 1. The quantitative estimate of drug-likeness (QED) is 0.258. The number of para-hydroxylation sites is 2. The van der Waals surface area contributed by atoms with E-state index in [2.05, 4.69) is 37.2 Å². The average molecular weight is 608 g/mol. The van der Waals surface area contributed by atoms with E-state index in [1.807, 2.05) is 60.7 Å². The Balaban J connectivity index is 1.06. The van der Waals surface area contributed by atoms with Crippen LogP contribution in [0.5, 0.6) is 0 Å². The van der Waals surface area contributed by atoms with Crippen molar-refractivity contribution in [2.24, 2.45) is 0 Å². The monoisotopic (exact) mass is 607 g/mol. The van der Waals surface area contributed by atoms with Crippen LogP contribution >= 0.6 is 0 Å². The maximum absolute atomic E-state index is 12.9. The number of hydrogen-bond donors (Lipinski definition) is 2. The molecule has 0 aliphatic carbocycles. The van der Waals surface area contributed by atoms with E-state index in [9.17, 15) is 9.90 Å². The van der Waals surface area contributed by atoms with Crippen LogP contribution in [0.25, 0.3) is 11.0 Å². The van der Waals surface area contributed by atoms with Crippen LogP contribution < -0.4 is 5.32 Å². The van der Waals surface area contributed by atoms with Gasteiger partial charge in [0, 0.05) is 36.8 Å². The summed E-state index contributed by atoms with van der Waals surface area (Å²) in [6.45, 7) is 5.59. The molecule has 45 heavy (non-hydrogen) atoms. The van der Waals surface area contributed by atoms with Gasteiger partial charge in [0.1, 0.15) is 5.69 Å². The first kappa shape index (κ1) is 30.0. The fraction of sp³-hybridized carbons (Fsp3) is 0.417. The van der Waals surface area contributed by atoms with Crippen LogP contribution in [0.1, 0.15) is 71.7 Å². The molecule has 1 amide bonds. The molecule has 4 atom stereocenters. The number of aromatic nitrogens is 2. The fourth-order valence-electron chi connectivity index (χ4n) is 6.89. The second-order valence-corrected chi connectivity index (χ2v) is 12.5. The number of hydrogen-bond acceptors (Lipinski definition) is 8. The van der Waals surface area contributed by atoms with E-state index in [1.54, 1.807) is 0 Å². The Morgan fingerprint density at radius 1 is 0.867 bits per heavy atom. The van der Waals surface area contributed by atoms with Gasteiger partial charge in [0.2, 0.25) is 0 Å². The molecule has 4 heterocycles. The third kappa shape index (κ3) is 7.08. The Hall–Kier alpha value is -3.73. The van der Waals surface area contributed by atoms with Crippen molar-refractivity contribution in [3.8, 4) is 0 Å². The summed E-state index contributed by atoms with van der Waals surface area (Å²) in [6.07, 6.45) is 6.71. The molecule has 3 aromatic carbocycles. The first-order chi connectivity index (χ1) is 22.1. The maximum atomic E-state index is 12.9. The highest BCUT2D eigenvalue weighted by Crippen LogP contribution is 2.39. The zero-order chi connectivity index (χ0) is 30.6. The molecule has 2 N–H and O–H groups in total. The lowest BCUT2D eigenvalue weighted by molar-refractivity contribution is -0.253. The largest absolute Gasteiger partial charge is 0.392 e. The van der Waals surface area contributed by atoms with Crippen molar-refractivity contribution in [2.45, 2.75) is 63.3 Å². The molecule has 0 saturated carbocycles. The van der Waals surface area contributed by atoms with Crippen LogP contribution in [0.3, 0.4) is 0 Å². The first-order valence-electron chi connectivity index (χ1n) is 16.2. The number of nitrogens with one attached hydrogen (secondary N) is 1. The van der Waals surface area contributed by atoms with Crippen LogP contribution in [-0.2, 0) is 16.1 Å². The molecular weight excluding hydrogens is 566 g/mol. The van der Waals surface area contributed by atoms with E-state index < -0.39 is 6.29 Å². The third-order valence-corrected chi connectivity index (χ3v) is 9.34. The number of carbonyl (C=O) groups excluding carboxylic acids is 1. The summed E-state index contributed by atoms with van der Waals surface area (Å²) in [7, 11) is 0. The van der Waals surface area contributed by atoms with Crippen molar-refractivity contribution < 1.29 is 19.4 Å². The number of fused-ring (bicyclic) bond motifs is 1. The van der Waals surface area contributed by atoms with Crippen LogP contribution in [0.4, 0.5) is 5.69 Å². The Morgan fingerprint density at radius 2 is 1.62 bits per heavy atom. The predicted molar refractivity (Wildman–Crippen MR) is 173 cm³/mol. The lowest BCUT2D eigenvalue weighted by atomic mass is 9.99. The molecule has 9 nitrogen and oxygen atoms in total. The van der Waals surface area contributed by atoms with Gasteiger partial charge in [-0.15, -0.1) is 0 Å². The van der Waals surface area contributed by atoms with Gasteiger partial charge < -0.3 is 24.8 Å². The Morgan fingerprint density at radius 3 is 2.40 bits per heavy atom. The molecule has 234 valence electrons. The summed E-state index contributed by atoms with van der Waals surface area (Å²) in [4.78, 5) is 27.0. The fourth-order valence-corrected chi connectivity index (χ4v) is 6.89. The molecule has 3 fully saturated rings. The SMILES string of the molecule is O=C(Nc1ccc(C2OC(CN3CCCC3CN3CCCC3)CC(c3ccc(CO)cc3)O2)cc1)c1cnc2ccccc2n1. The van der Waals surface area contributed by atoms with Crippen molar-refractivity contribution >= 4 is 22.6 Å². The Labute approximate surface area is 264 Å². The number of rotatable bonds is 9. The van der Waals surface area contributed by atoms with Gasteiger partial charge in [-0.1, -0.05) is 48.5 Å². The van der Waals surface area contributed by atoms with Crippen molar-refractivity contribution in [1.29, 1.82) is 0 Å². The zero-order valence-corrected chi connectivity index (χ0v) is 25.6. The van der Waals surface area contributed by atoms with Gasteiger partial charge in [0.05, 0.1) is 36.0 Å². The van der Waals surface area contributed by atoms with E-state index in [0.29, 0.717) is 17.2 Å². The van der Waals surface area contributed by atoms with Gasteiger partial charge in [-0.2, -0.15) is 0 Å². The van der Waals surface area contributed by atoms with Gasteiger partial charge in [-0.05, 0) is 80.7 Å². The summed E-state index contributed by atoms with van der Waals surface area (Å²) in [5.41, 5.74) is 5.21. The van der Waals surface area contributed by atoms with Gasteiger partial charge >= 0.3 is 0 Å². The zero-order valence-electron chi connectivity index (χ0n) is 25.6. The van der Waals surface area contributed by atoms with Gasteiger partial charge in [-0.25, -0.2) is 4.98 Å². The molecule has 0 spiro atoms. The number of anilines is 1. The van der Waals surface area contributed by atoms with E-state index in [-0.39, 0.29) is 30.4 Å². The smallest absolute Gasteiger partial charge is 0.275 e. The topological polar surface area (TPSA) is 100 Å². The molecule has 7 rings (SSSR count). The summed E-state index contributed by atoms with van der Waals surface area (Å²) in [6, 6.07) is 23.7. The standard InChI is InChI=1S/C36H41N5O4/c42-24-25-9-11-26(12-10-25)34-20-30(23-41-19-5-6-29(41)22-40-17-3-4-18-40)44-36(45-34)27-13-15-28(16-14-27)38-35(43)33-21-37-31-7-1-2-8-32(31)39-33/h1-2,7-16,21,29-30,34,36,42H,3-6,17-20,22-24H2,(H,38,43). The van der Waals surface area contributed by atoms with Crippen molar-refractivity contribution in [3.05, 3.63) is 101 Å². The van der Waals surface area contributed by atoms with E-state index in [1.165, 1.54) is 45.0 Å². The van der Waals surface area contributed by atoms with Crippen molar-refractivity contribution in [3.63, 3.8) is 0 Å². The second-order valence-electron chi connectivity index (χ2n) is 12.5. The summed E-state index contributed by atoms with van der Waals surface area (Å²) >= 11 is 0. The van der Waals surface area contributed by atoms with Crippen LogP contribution in [0.15, 0.2) is 79.0 Å². The molecule has 0 bridgehead atoms. The Bertz CT molecular complexity index is 1590. The highest BCUT2D eigenvalue weighted by molar-refractivity contribution is 6.03. The first-order valence-corrected chi connectivity index (χ1v) is 16.2. The number of nitrogens with zero attached hydrogens (tertiary/aromatic N) is 4. The van der Waals surface area contributed by atoms with Crippen LogP contribution in [-0.4, -0.2) is 75.7 Å². The molecule has 4 unspecified atom stereocenters. The number of carbonyl (C=O) groups is 1. The van der Waals surface area contributed by atoms with E-state index in [4.69, 9.17) is 9.47 Å². The number of benzene rings is 3. The minimum absolute atomic E-state index is 0.0105. The molecule has 9 heteroatoms. The van der Waals surface area contributed by atoms with E-state index >= 15 is 0 Å². The average Bonchev–Trinajstić information content (AvgIpc) is 3.77. The highest BCUT2D eigenvalue weighted by atomic mass is 16.7. The third-order valence-electron chi connectivity index (χ3n) is 9.34. The van der Waals surface area contributed by atoms with Gasteiger partial charge in [-0.3, -0.25) is 14.7 Å². The number of aliphatic hydroxyl groups is 1. The minimum atomic E-state index is -0.540. The van der Waals surface area contributed by atoms with E-state index in [0.717, 1.165) is 48.3 Å². The molecular formula is C36H41N5O4. The minimum Gasteiger partial charge on any atom is -0.392 e. The molecule has 1 aromatic heterocycles. The van der Waals surface area contributed by atoms with Crippen LogP contribution in [0, 0.1) is 0 Å². The highest BCUT2D eigenvalue weighted by Gasteiger charge is 2.36. The molecule has 3 aliphatic rings. The van der Waals surface area contributed by atoms with Crippen LogP contribution in [0.2, 0.25) is 0 Å². The molecule has 0 radical (unpaired) electrons. The lowest BCUT2D eigenvalue weighted by Crippen LogP contribution is -2.45. The van der Waals surface area contributed by atoms with Crippen molar-refractivity contribution in [1.82, 2.24) is 19.8 Å². The molecule has 3 saturated heterocycles. The lowest BCUT2D eigenvalue weighted by Gasteiger charge is -2.39. The summed E-state index contributed by atoms with van der Waals surface area (Å²) in [5, 5.41) is 12.5. The van der Waals surface area contributed by atoms with Gasteiger partial charge in [0.15, 0.2) is 6.29 Å². The summed E-state index contributed by atoms with van der Waals surface area (Å²) in [5.74, 6) is -0.313. The second kappa shape index (κ2) is 13.7. The van der Waals surface area contributed by atoms with Crippen molar-refractivity contribution in [2.75, 3.05) is 38.0 Å². The molecule has 3 aliphatic heterocycles. The number of aliphatic hydroxyl groups excluding tert-OH is 1. The maximum Gasteiger partial charge on any atom is 0.275 e. The Kier molecular flexibility index (Phi) is 9.13. The normalized spacial score (nSPS) is 24.3.